The zero-order chi connectivity index (χ0) is 14.0. The van der Waals surface area contributed by atoms with Gasteiger partial charge in [0.1, 0.15) is 5.82 Å². The van der Waals surface area contributed by atoms with Crippen LogP contribution in [-0.4, -0.2) is 13.0 Å². The van der Waals surface area contributed by atoms with Crippen molar-refractivity contribution in [1.82, 2.24) is 0 Å². The first-order chi connectivity index (χ1) is 9.00. The Hall–Kier alpha value is -2.16. The van der Waals surface area contributed by atoms with Gasteiger partial charge >= 0.3 is 0 Å². The van der Waals surface area contributed by atoms with Gasteiger partial charge in [0.2, 0.25) is 0 Å². The van der Waals surface area contributed by atoms with Crippen molar-refractivity contribution in [2.24, 2.45) is 0 Å². The van der Waals surface area contributed by atoms with Crippen LogP contribution in [0, 0.1) is 19.7 Å². The van der Waals surface area contributed by atoms with Gasteiger partial charge in [0.15, 0.2) is 0 Å². The molecule has 3 heteroatoms. The normalized spacial score (nSPS) is 10.3. The molecule has 0 aliphatic heterocycles. The molecule has 2 nitrogen and oxygen atoms in total. The number of hydrogen-bond acceptors (Lipinski definition) is 1. The molecular weight excluding hydrogens is 241 g/mol. The van der Waals surface area contributed by atoms with Crippen LogP contribution in [0.4, 0.5) is 10.1 Å². The van der Waals surface area contributed by atoms with Gasteiger partial charge in [-0.15, -0.1) is 0 Å². The van der Waals surface area contributed by atoms with Crippen molar-refractivity contribution in [3.8, 4) is 0 Å². The van der Waals surface area contributed by atoms with Crippen LogP contribution in [0.1, 0.15) is 21.5 Å². The fourth-order valence-electron chi connectivity index (χ4n) is 2.11. The number of aryl methyl sites for hydroxylation is 2. The summed E-state index contributed by atoms with van der Waals surface area (Å²) in [6.45, 7) is 3.93. The lowest BCUT2D eigenvalue weighted by atomic mass is 10.1. The Kier molecular flexibility index (Phi) is 3.65. The number of benzene rings is 2. The molecule has 0 unspecified atom stereocenters. The lowest BCUT2D eigenvalue weighted by Gasteiger charge is -2.20. The monoisotopic (exact) mass is 257 g/mol. The van der Waals surface area contributed by atoms with Gasteiger partial charge in [-0.2, -0.15) is 0 Å². The molecule has 98 valence electrons. The van der Waals surface area contributed by atoms with Crippen LogP contribution >= 0.6 is 0 Å². The highest BCUT2D eigenvalue weighted by atomic mass is 19.1. The minimum atomic E-state index is -0.496. The van der Waals surface area contributed by atoms with Crippen LogP contribution < -0.4 is 4.90 Å². The maximum absolute atomic E-state index is 13.6. The summed E-state index contributed by atoms with van der Waals surface area (Å²) in [5.74, 6) is -0.839. The molecule has 0 fully saturated rings. The molecule has 2 aromatic carbocycles. The maximum Gasteiger partial charge on any atom is 0.260 e. The van der Waals surface area contributed by atoms with Gasteiger partial charge in [-0.1, -0.05) is 29.8 Å². The van der Waals surface area contributed by atoms with Gasteiger partial charge in [-0.3, -0.25) is 4.79 Å². The lowest BCUT2D eigenvalue weighted by molar-refractivity contribution is 0.0989. The van der Waals surface area contributed by atoms with E-state index in [-0.39, 0.29) is 11.5 Å². The molecule has 0 spiro atoms. The van der Waals surface area contributed by atoms with Gasteiger partial charge in [-0.05, 0) is 37.6 Å². The predicted molar refractivity (Wildman–Crippen MR) is 75.0 cm³/mol. The fourth-order valence-corrected chi connectivity index (χ4v) is 2.11. The first-order valence-corrected chi connectivity index (χ1v) is 6.10. The predicted octanol–water partition coefficient (Wildman–Crippen LogP) is 3.72. The summed E-state index contributed by atoms with van der Waals surface area (Å²) in [4.78, 5) is 13.8. The van der Waals surface area contributed by atoms with Crippen molar-refractivity contribution in [3.05, 3.63) is 65.0 Å². The van der Waals surface area contributed by atoms with Gasteiger partial charge in [0.05, 0.1) is 5.56 Å². The van der Waals surface area contributed by atoms with Crippen molar-refractivity contribution >= 4 is 11.6 Å². The van der Waals surface area contributed by atoms with Crippen LogP contribution in [-0.2, 0) is 0 Å². The number of hydrogen-bond donors (Lipinski definition) is 0. The molecule has 2 aromatic rings. The molecule has 0 saturated heterocycles. The summed E-state index contributed by atoms with van der Waals surface area (Å²) in [6.07, 6.45) is 0. The maximum atomic E-state index is 13.6. The number of amides is 1. The van der Waals surface area contributed by atoms with E-state index < -0.39 is 5.82 Å². The van der Waals surface area contributed by atoms with E-state index in [4.69, 9.17) is 0 Å². The number of rotatable bonds is 2. The second-order valence-electron chi connectivity index (χ2n) is 4.63. The molecule has 19 heavy (non-hydrogen) atoms. The number of halogens is 1. The molecule has 0 heterocycles. The molecular formula is C16H16FNO. The van der Waals surface area contributed by atoms with Gasteiger partial charge in [0.25, 0.3) is 5.91 Å². The van der Waals surface area contributed by atoms with Gasteiger partial charge in [0, 0.05) is 12.7 Å². The number of anilines is 1. The smallest absolute Gasteiger partial charge is 0.260 e. The van der Waals surface area contributed by atoms with E-state index in [9.17, 15) is 9.18 Å². The first kappa shape index (κ1) is 13.3. The van der Waals surface area contributed by atoms with E-state index in [2.05, 4.69) is 0 Å². The molecule has 2 rings (SSSR count). The molecule has 0 aliphatic rings. The topological polar surface area (TPSA) is 20.3 Å². The fraction of sp³-hybridized carbons (Fsp3) is 0.188. The largest absolute Gasteiger partial charge is 0.311 e. The summed E-state index contributed by atoms with van der Waals surface area (Å²) in [7, 11) is 1.66. The highest BCUT2D eigenvalue weighted by Crippen LogP contribution is 2.22. The summed E-state index contributed by atoms with van der Waals surface area (Å²) >= 11 is 0. The van der Waals surface area contributed by atoms with Crippen LogP contribution in [0.25, 0.3) is 0 Å². The van der Waals surface area contributed by atoms with Crippen molar-refractivity contribution in [2.45, 2.75) is 13.8 Å². The second-order valence-corrected chi connectivity index (χ2v) is 4.63. The van der Waals surface area contributed by atoms with Crippen LogP contribution in [0.2, 0.25) is 0 Å². The van der Waals surface area contributed by atoms with Gasteiger partial charge < -0.3 is 4.90 Å². The first-order valence-electron chi connectivity index (χ1n) is 6.10. The Balaban J connectivity index is 2.37. The van der Waals surface area contributed by atoms with Crippen molar-refractivity contribution in [2.75, 3.05) is 11.9 Å². The Labute approximate surface area is 112 Å². The number of carbonyl (C=O) groups is 1. The molecule has 0 aliphatic carbocycles. The zero-order valence-electron chi connectivity index (χ0n) is 11.3. The Morgan fingerprint density at radius 2 is 1.79 bits per heavy atom. The van der Waals surface area contributed by atoms with Crippen LogP contribution in [0.5, 0.6) is 0 Å². The molecule has 0 aromatic heterocycles. The second kappa shape index (κ2) is 5.22. The van der Waals surface area contributed by atoms with E-state index >= 15 is 0 Å². The van der Waals surface area contributed by atoms with Crippen molar-refractivity contribution in [1.29, 1.82) is 0 Å². The van der Waals surface area contributed by atoms with E-state index in [1.165, 1.54) is 17.0 Å². The minimum Gasteiger partial charge on any atom is -0.311 e. The molecule has 1 amide bonds. The summed E-state index contributed by atoms with van der Waals surface area (Å²) in [6, 6.07) is 11.8. The summed E-state index contributed by atoms with van der Waals surface area (Å²) in [5.41, 5.74) is 3.00. The van der Waals surface area contributed by atoms with Crippen molar-refractivity contribution in [3.63, 3.8) is 0 Å². The Bertz CT molecular complexity index is 622. The quantitative estimate of drug-likeness (QED) is 0.803. The average molecular weight is 257 g/mol. The Morgan fingerprint density at radius 1 is 1.11 bits per heavy atom. The molecule has 0 N–H and O–H groups in total. The number of nitrogens with zero attached hydrogens (tertiary/aromatic N) is 1. The third-order valence-corrected chi connectivity index (χ3v) is 3.12. The third-order valence-electron chi connectivity index (χ3n) is 3.12. The summed E-state index contributed by atoms with van der Waals surface area (Å²) < 4.78 is 13.6. The molecule has 0 atom stereocenters. The van der Waals surface area contributed by atoms with E-state index in [1.54, 1.807) is 19.2 Å². The number of carbonyl (C=O) groups excluding carboxylic acids is 1. The van der Waals surface area contributed by atoms with Gasteiger partial charge in [-0.25, -0.2) is 4.39 Å². The Morgan fingerprint density at radius 3 is 2.42 bits per heavy atom. The molecule has 0 saturated carbocycles. The summed E-state index contributed by atoms with van der Waals surface area (Å²) in [5, 5.41) is 0. The van der Waals surface area contributed by atoms with E-state index in [0.717, 1.165) is 16.8 Å². The van der Waals surface area contributed by atoms with Crippen LogP contribution in [0.3, 0.4) is 0 Å². The average Bonchev–Trinajstić information content (AvgIpc) is 2.38. The molecule has 0 radical (unpaired) electrons. The molecule has 0 bridgehead atoms. The SMILES string of the molecule is Cc1ccc(N(C)C(=O)c2ccccc2F)c(C)c1. The minimum absolute atomic E-state index is 0.0879. The van der Waals surface area contributed by atoms with Crippen molar-refractivity contribution < 1.29 is 9.18 Å². The van der Waals surface area contributed by atoms with Crippen LogP contribution in [0.15, 0.2) is 42.5 Å². The highest BCUT2D eigenvalue weighted by molar-refractivity contribution is 6.06. The highest BCUT2D eigenvalue weighted by Gasteiger charge is 2.18. The lowest BCUT2D eigenvalue weighted by Crippen LogP contribution is -2.27. The standard InChI is InChI=1S/C16H16FNO/c1-11-8-9-15(12(2)10-11)18(3)16(19)13-6-4-5-7-14(13)17/h4-10H,1-3H3. The zero-order valence-corrected chi connectivity index (χ0v) is 11.3. The third kappa shape index (κ3) is 2.65. The van der Waals surface area contributed by atoms with E-state index in [0.29, 0.717) is 0 Å². The van der Waals surface area contributed by atoms with E-state index in [1.807, 2.05) is 32.0 Å².